The van der Waals surface area contributed by atoms with Gasteiger partial charge >= 0.3 is 5.63 Å². The Labute approximate surface area is 160 Å². The van der Waals surface area contributed by atoms with Crippen LogP contribution in [0, 0.1) is 5.82 Å². The number of fused-ring (bicyclic) bond motifs is 1. The van der Waals surface area contributed by atoms with E-state index in [1.165, 1.54) is 6.07 Å². The number of hydrogen-bond donors (Lipinski definition) is 1. The van der Waals surface area contributed by atoms with Crippen molar-refractivity contribution >= 4 is 16.7 Å². The van der Waals surface area contributed by atoms with Crippen LogP contribution in [0.25, 0.3) is 21.9 Å². The van der Waals surface area contributed by atoms with Crippen LogP contribution in [0.2, 0.25) is 0 Å². The van der Waals surface area contributed by atoms with E-state index in [-0.39, 0.29) is 12.3 Å². The van der Waals surface area contributed by atoms with E-state index in [0.29, 0.717) is 21.9 Å². The van der Waals surface area contributed by atoms with Crippen molar-refractivity contribution < 1.29 is 13.6 Å². The minimum Gasteiger partial charge on any atom is -0.416 e. The van der Waals surface area contributed by atoms with E-state index in [9.17, 15) is 14.0 Å². The normalized spacial score (nSPS) is 10.8. The number of halogens is 1. The number of amides is 1. The molecule has 0 bridgehead atoms. The highest BCUT2D eigenvalue weighted by molar-refractivity contribution is 6.07. The molecule has 4 aromatic rings. The molecule has 0 saturated heterocycles. The quantitative estimate of drug-likeness (QED) is 0.572. The molecule has 1 aromatic heterocycles. The van der Waals surface area contributed by atoms with Gasteiger partial charge in [-0.25, -0.2) is 9.18 Å². The third-order valence-corrected chi connectivity index (χ3v) is 4.50. The number of carbonyl (C=O) groups is 1. The maximum absolute atomic E-state index is 13.8. The lowest BCUT2D eigenvalue weighted by Crippen LogP contribution is -2.25. The highest BCUT2D eigenvalue weighted by atomic mass is 19.1. The maximum atomic E-state index is 13.8. The number of nitrogens with one attached hydrogen (secondary N) is 1. The van der Waals surface area contributed by atoms with Crippen LogP contribution in [0.4, 0.5) is 4.39 Å². The third-order valence-electron chi connectivity index (χ3n) is 4.50. The second-order valence-corrected chi connectivity index (χ2v) is 6.28. The molecule has 0 atom stereocenters. The lowest BCUT2D eigenvalue weighted by molar-refractivity contribution is 0.0920. The SMILES string of the molecule is O=C(NCc1ccccc1F)c1oc(=O)c2ccccc2c1-c1ccccc1. The zero-order valence-corrected chi connectivity index (χ0v) is 14.8. The smallest absolute Gasteiger partial charge is 0.344 e. The van der Waals surface area contributed by atoms with Crippen molar-refractivity contribution in [2.75, 3.05) is 0 Å². The highest BCUT2D eigenvalue weighted by Crippen LogP contribution is 2.30. The zero-order valence-electron chi connectivity index (χ0n) is 14.8. The molecule has 138 valence electrons. The molecule has 4 rings (SSSR count). The van der Waals surface area contributed by atoms with Gasteiger partial charge in [-0.1, -0.05) is 66.7 Å². The van der Waals surface area contributed by atoms with Crippen LogP contribution in [0.5, 0.6) is 0 Å². The fourth-order valence-electron chi connectivity index (χ4n) is 3.15. The Bertz CT molecular complexity index is 1220. The molecule has 0 aliphatic rings. The van der Waals surface area contributed by atoms with Crippen molar-refractivity contribution in [2.45, 2.75) is 6.54 Å². The molecule has 1 amide bonds. The van der Waals surface area contributed by atoms with Gasteiger partial charge in [0.1, 0.15) is 5.82 Å². The molecule has 0 spiro atoms. The molecule has 4 nitrogen and oxygen atoms in total. The first-order valence-electron chi connectivity index (χ1n) is 8.78. The molecule has 28 heavy (non-hydrogen) atoms. The van der Waals surface area contributed by atoms with E-state index in [0.717, 1.165) is 5.56 Å². The van der Waals surface area contributed by atoms with Gasteiger partial charge in [0.2, 0.25) is 5.76 Å². The van der Waals surface area contributed by atoms with Crippen molar-refractivity contribution in [3.63, 3.8) is 0 Å². The Morgan fingerprint density at radius 3 is 2.25 bits per heavy atom. The molecule has 5 heteroatoms. The van der Waals surface area contributed by atoms with Crippen molar-refractivity contribution in [3.05, 3.63) is 106 Å². The lowest BCUT2D eigenvalue weighted by Gasteiger charge is -2.12. The van der Waals surface area contributed by atoms with Crippen molar-refractivity contribution in [1.29, 1.82) is 0 Å². The fraction of sp³-hybridized carbons (Fsp3) is 0.0435. The van der Waals surface area contributed by atoms with Crippen LogP contribution in [0.3, 0.4) is 0 Å². The van der Waals surface area contributed by atoms with Crippen molar-refractivity contribution in [1.82, 2.24) is 5.32 Å². The molecular weight excluding hydrogens is 357 g/mol. The largest absolute Gasteiger partial charge is 0.416 e. The fourth-order valence-corrected chi connectivity index (χ4v) is 3.15. The van der Waals surface area contributed by atoms with E-state index >= 15 is 0 Å². The first-order valence-corrected chi connectivity index (χ1v) is 8.78. The first-order chi connectivity index (χ1) is 13.6. The molecule has 1 heterocycles. The minimum atomic E-state index is -0.591. The maximum Gasteiger partial charge on any atom is 0.344 e. The van der Waals surface area contributed by atoms with E-state index in [1.54, 1.807) is 42.5 Å². The Morgan fingerprint density at radius 2 is 1.50 bits per heavy atom. The summed E-state index contributed by atoms with van der Waals surface area (Å²) in [5.41, 5.74) is 1.03. The predicted octanol–water partition coefficient (Wildman–Crippen LogP) is 4.53. The molecule has 0 radical (unpaired) electrons. The van der Waals surface area contributed by atoms with Crippen LogP contribution in [-0.4, -0.2) is 5.91 Å². The van der Waals surface area contributed by atoms with Gasteiger partial charge in [-0.3, -0.25) is 4.79 Å². The second-order valence-electron chi connectivity index (χ2n) is 6.28. The van der Waals surface area contributed by atoms with Crippen LogP contribution in [0.15, 0.2) is 88.1 Å². The van der Waals surface area contributed by atoms with E-state index < -0.39 is 17.3 Å². The van der Waals surface area contributed by atoms with Gasteiger partial charge in [0.25, 0.3) is 5.91 Å². The van der Waals surface area contributed by atoms with Gasteiger partial charge in [-0.2, -0.15) is 0 Å². The van der Waals surface area contributed by atoms with Gasteiger partial charge in [0.05, 0.1) is 5.39 Å². The number of hydrogen-bond acceptors (Lipinski definition) is 3. The summed E-state index contributed by atoms with van der Waals surface area (Å²) in [7, 11) is 0. The second kappa shape index (κ2) is 7.48. The van der Waals surface area contributed by atoms with Gasteiger partial charge in [-0.15, -0.1) is 0 Å². The van der Waals surface area contributed by atoms with Gasteiger partial charge in [-0.05, 0) is 17.7 Å². The van der Waals surface area contributed by atoms with Crippen molar-refractivity contribution in [2.24, 2.45) is 0 Å². The summed E-state index contributed by atoms with van der Waals surface area (Å²) in [5.74, 6) is -1.08. The average molecular weight is 373 g/mol. The third kappa shape index (κ3) is 3.30. The van der Waals surface area contributed by atoms with Crippen molar-refractivity contribution in [3.8, 4) is 11.1 Å². The zero-order chi connectivity index (χ0) is 19.5. The Kier molecular flexibility index (Phi) is 4.72. The van der Waals surface area contributed by atoms with E-state index in [2.05, 4.69) is 5.32 Å². The Morgan fingerprint density at radius 1 is 0.857 bits per heavy atom. The van der Waals surface area contributed by atoms with Gasteiger partial charge in [0, 0.05) is 23.1 Å². The lowest BCUT2D eigenvalue weighted by atomic mass is 9.98. The van der Waals surface area contributed by atoms with Gasteiger partial charge < -0.3 is 9.73 Å². The highest BCUT2D eigenvalue weighted by Gasteiger charge is 2.21. The van der Waals surface area contributed by atoms with E-state index in [1.807, 2.05) is 30.3 Å². The Hall–Kier alpha value is -3.73. The average Bonchev–Trinajstić information content (AvgIpc) is 2.73. The molecule has 0 aliphatic heterocycles. The molecule has 0 saturated carbocycles. The van der Waals surface area contributed by atoms with Crippen LogP contribution in [0.1, 0.15) is 16.1 Å². The van der Waals surface area contributed by atoms with Gasteiger partial charge in [0.15, 0.2) is 0 Å². The summed E-state index contributed by atoms with van der Waals surface area (Å²) < 4.78 is 19.2. The molecule has 0 unspecified atom stereocenters. The van der Waals surface area contributed by atoms with Crippen LogP contribution in [-0.2, 0) is 6.54 Å². The van der Waals surface area contributed by atoms with Crippen LogP contribution >= 0.6 is 0 Å². The summed E-state index contributed by atoms with van der Waals surface area (Å²) in [6.45, 7) is -0.0176. The summed E-state index contributed by atoms with van der Waals surface area (Å²) in [4.78, 5) is 25.3. The number of rotatable bonds is 4. The Balaban J connectivity index is 1.81. The monoisotopic (exact) mass is 373 g/mol. The minimum absolute atomic E-state index is 0.0176. The van der Waals surface area contributed by atoms with E-state index in [4.69, 9.17) is 4.42 Å². The molecular formula is C23H16FNO3. The summed E-state index contributed by atoms with van der Waals surface area (Å²) in [6.07, 6.45) is 0. The molecule has 0 fully saturated rings. The number of carbonyl (C=O) groups excluding carboxylic acids is 1. The topological polar surface area (TPSA) is 59.3 Å². The number of benzene rings is 3. The first kappa shape index (κ1) is 17.7. The summed E-state index contributed by atoms with van der Waals surface area (Å²) in [6, 6.07) is 22.4. The summed E-state index contributed by atoms with van der Waals surface area (Å²) in [5, 5.41) is 3.67. The summed E-state index contributed by atoms with van der Waals surface area (Å²) >= 11 is 0. The predicted molar refractivity (Wildman–Crippen MR) is 105 cm³/mol. The molecule has 1 N–H and O–H groups in total. The standard InChI is InChI=1S/C23H16FNO3/c24-19-13-7-4-10-16(19)14-25-22(26)21-20(15-8-2-1-3-9-15)17-11-5-6-12-18(17)23(27)28-21/h1-13H,14H2,(H,25,26). The van der Waals surface area contributed by atoms with Crippen LogP contribution < -0.4 is 10.9 Å². The molecule has 0 aliphatic carbocycles. The molecule has 3 aromatic carbocycles.